The molecule has 1 aromatic heterocycles. The Morgan fingerprint density at radius 2 is 2.27 bits per heavy atom. The average molecular weight is 347 g/mol. The summed E-state index contributed by atoms with van der Waals surface area (Å²) in [5, 5.41) is 8.63. The second kappa shape index (κ2) is 5.02. The van der Waals surface area contributed by atoms with Crippen LogP contribution in [0.2, 0.25) is 5.02 Å². The first-order chi connectivity index (χ1) is 6.91. The van der Waals surface area contributed by atoms with E-state index in [9.17, 15) is 13.6 Å². The summed E-state index contributed by atoms with van der Waals surface area (Å²) in [4.78, 5) is 14.0. The van der Waals surface area contributed by atoms with Crippen LogP contribution in [0.3, 0.4) is 0 Å². The third-order valence-corrected chi connectivity index (χ3v) is 3.36. The quantitative estimate of drug-likeness (QED) is 0.856. The third-order valence-electron chi connectivity index (χ3n) is 1.54. The minimum Gasteiger partial charge on any atom is -0.481 e. The van der Waals surface area contributed by atoms with Gasteiger partial charge in [0.25, 0.3) is 6.43 Å². The number of nitrogens with zero attached hydrogens (tertiary/aromatic N) is 1. The van der Waals surface area contributed by atoms with Crippen molar-refractivity contribution in [3.63, 3.8) is 0 Å². The normalized spacial score (nSPS) is 10.7. The molecule has 0 saturated carbocycles. The number of carbonyl (C=O) groups is 1. The van der Waals surface area contributed by atoms with Crippen LogP contribution in [0.5, 0.6) is 0 Å². The largest absolute Gasteiger partial charge is 0.481 e. The summed E-state index contributed by atoms with van der Waals surface area (Å²) in [5.41, 5.74) is -0.442. The molecule has 0 radical (unpaired) electrons. The van der Waals surface area contributed by atoms with Gasteiger partial charge in [0.15, 0.2) is 0 Å². The fourth-order valence-corrected chi connectivity index (χ4v) is 1.63. The number of halogens is 4. The molecule has 0 unspecified atom stereocenters. The van der Waals surface area contributed by atoms with Crippen LogP contribution < -0.4 is 0 Å². The first-order valence-electron chi connectivity index (χ1n) is 3.76. The Morgan fingerprint density at radius 3 is 2.73 bits per heavy atom. The highest BCUT2D eigenvalue weighted by Gasteiger charge is 2.16. The van der Waals surface area contributed by atoms with E-state index < -0.39 is 24.5 Å². The highest BCUT2D eigenvalue weighted by molar-refractivity contribution is 14.1. The van der Waals surface area contributed by atoms with Crippen LogP contribution in [0.4, 0.5) is 8.78 Å². The predicted molar refractivity (Wildman–Crippen MR) is 58.3 cm³/mol. The van der Waals surface area contributed by atoms with Gasteiger partial charge < -0.3 is 5.11 Å². The predicted octanol–water partition coefficient (Wildman–Crippen LogP) is 2.90. The smallest absolute Gasteiger partial charge is 0.309 e. The lowest BCUT2D eigenvalue weighted by molar-refractivity contribution is -0.136. The van der Waals surface area contributed by atoms with Crippen molar-refractivity contribution in [2.75, 3.05) is 0 Å². The number of aromatic nitrogens is 1. The SMILES string of the molecule is O=C(O)Cc1nc(C(F)F)cc(Cl)c1I. The molecular formula is C8H5ClF2INO2. The molecule has 0 aromatic carbocycles. The van der Waals surface area contributed by atoms with E-state index in [4.69, 9.17) is 16.7 Å². The van der Waals surface area contributed by atoms with Crippen molar-refractivity contribution >= 4 is 40.2 Å². The topological polar surface area (TPSA) is 50.2 Å². The molecule has 82 valence electrons. The Bertz CT molecular complexity index is 400. The third kappa shape index (κ3) is 3.23. The molecule has 1 rings (SSSR count). The molecule has 0 fully saturated rings. The maximum Gasteiger partial charge on any atom is 0.309 e. The van der Waals surface area contributed by atoms with Gasteiger partial charge in [-0.15, -0.1) is 0 Å². The molecule has 3 nitrogen and oxygen atoms in total. The summed E-state index contributed by atoms with van der Waals surface area (Å²) < 4.78 is 25.0. The van der Waals surface area contributed by atoms with Gasteiger partial charge >= 0.3 is 5.97 Å². The van der Waals surface area contributed by atoms with E-state index in [-0.39, 0.29) is 10.7 Å². The van der Waals surface area contributed by atoms with E-state index in [2.05, 4.69) is 4.98 Å². The molecule has 0 aliphatic heterocycles. The monoisotopic (exact) mass is 347 g/mol. The molecule has 0 aliphatic rings. The number of rotatable bonds is 3. The molecular weight excluding hydrogens is 342 g/mol. The molecule has 0 saturated heterocycles. The van der Waals surface area contributed by atoms with Crippen molar-refractivity contribution in [2.45, 2.75) is 12.8 Å². The van der Waals surface area contributed by atoms with Gasteiger partial charge in [0.05, 0.1) is 20.7 Å². The van der Waals surface area contributed by atoms with E-state index >= 15 is 0 Å². The molecule has 1 heterocycles. The van der Waals surface area contributed by atoms with Crippen molar-refractivity contribution in [1.29, 1.82) is 0 Å². The lowest BCUT2D eigenvalue weighted by atomic mass is 10.2. The Kier molecular flexibility index (Phi) is 4.21. The molecule has 15 heavy (non-hydrogen) atoms. The minimum absolute atomic E-state index is 0.0610. The molecule has 0 bridgehead atoms. The van der Waals surface area contributed by atoms with Crippen LogP contribution in [0.15, 0.2) is 6.07 Å². The van der Waals surface area contributed by atoms with E-state index in [1.54, 1.807) is 22.6 Å². The molecule has 0 aliphatic carbocycles. The van der Waals surface area contributed by atoms with Gasteiger partial charge in [0.2, 0.25) is 0 Å². The van der Waals surface area contributed by atoms with Crippen molar-refractivity contribution in [1.82, 2.24) is 4.98 Å². The second-order valence-corrected chi connectivity index (χ2v) is 4.15. The maximum atomic E-state index is 12.3. The lowest BCUT2D eigenvalue weighted by Crippen LogP contribution is -2.07. The van der Waals surface area contributed by atoms with E-state index in [1.807, 2.05) is 0 Å². The highest BCUT2D eigenvalue weighted by atomic mass is 127. The number of hydrogen-bond acceptors (Lipinski definition) is 2. The number of hydrogen-bond donors (Lipinski definition) is 1. The zero-order valence-electron chi connectivity index (χ0n) is 7.18. The molecule has 0 spiro atoms. The molecule has 7 heteroatoms. The number of alkyl halides is 2. The van der Waals surface area contributed by atoms with Crippen molar-refractivity contribution in [3.8, 4) is 0 Å². The summed E-state index contributed by atoms with van der Waals surface area (Å²) in [5.74, 6) is -1.14. The maximum absolute atomic E-state index is 12.3. The Labute approximate surface area is 103 Å². The van der Waals surface area contributed by atoms with Crippen molar-refractivity contribution in [2.24, 2.45) is 0 Å². The fraction of sp³-hybridized carbons (Fsp3) is 0.250. The first kappa shape index (κ1) is 12.6. The van der Waals surface area contributed by atoms with E-state index in [0.29, 0.717) is 3.57 Å². The zero-order chi connectivity index (χ0) is 11.6. The highest BCUT2D eigenvalue weighted by Crippen LogP contribution is 2.26. The standard InChI is InChI=1S/C8H5ClF2INO2/c9-3-1-5(8(10)11)13-4(7(3)12)2-6(14)15/h1,8H,2H2,(H,14,15). The minimum atomic E-state index is -2.76. The first-order valence-corrected chi connectivity index (χ1v) is 5.22. The summed E-state index contributed by atoms with van der Waals surface area (Å²) in [6.07, 6.45) is -3.18. The van der Waals surface area contributed by atoms with Crippen LogP contribution in [-0.2, 0) is 11.2 Å². The summed E-state index contributed by atoms with van der Waals surface area (Å²) in [6.45, 7) is 0. The van der Waals surface area contributed by atoms with Crippen LogP contribution >= 0.6 is 34.2 Å². The Morgan fingerprint density at radius 1 is 1.67 bits per heavy atom. The Hall–Kier alpha value is -0.500. The molecule has 0 atom stereocenters. The van der Waals surface area contributed by atoms with Crippen LogP contribution in [0.1, 0.15) is 17.8 Å². The fourth-order valence-electron chi connectivity index (χ4n) is 0.940. The average Bonchev–Trinajstić information content (AvgIpc) is 2.11. The number of pyridine rings is 1. The van der Waals surface area contributed by atoms with Gasteiger partial charge in [-0.1, -0.05) is 11.6 Å². The number of aliphatic carboxylic acids is 1. The summed E-state index contributed by atoms with van der Waals surface area (Å²) in [7, 11) is 0. The second-order valence-electron chi connectivity index (χ2n) is 2.66. The zero-order valence-corrected chi connectivity index (χ0v) is 10.1. The van der Waals surface area contributed by atoms with E-state index in [0.717, 1.165) is 6.07 Å². The lowest BCUT2D eigenvalue weighted by Gasteiger charge is -2.06. The summed E-state index contributed by atoms with van der Waals surface area (Å²) in [6, 6.07) is 1.04. The number of carboxylic acids is 1. The number of carboxylic acid groups (broad SMARTS) is 1. The Balaban J connectivity index is 3.18. The molecule has 0 amide bonds. The van der Waals surface area contributed by atoms with Crippen LogP contribution in [0, 0.1) is 3.57 Å². The van der Waals surface area contributed by atoms with Crippen LogP contribution in [0.25, 0.3) is 0 Å². The van der Waals surface area contributed by atoms with Gasteiger partial charge in [-0.3, -0.25) is 9.78 Å². The van der Waals surface area contributed by atoms with Gasteiger partial charge in [-0.05, 0) is 28.7 Å². The summed E-state index contributed by atoms with van der Waals surface area (Å²) >= 11 is 7.45. The van der Waals surface area contributed by atoms with Crippen molar-refractivity contribution in [3.05, 3.63) is 26.0 Å². The van der Waals surface area contributed by atoms with Gasteiger partial charge in [-0.25, -0.2) is 8.78 Å². The van der Waals surface area contributed by atoms with Gasteiger partial charge in [-0.2, -0.15) is 0 Å². The van der Waals surface area contributed by atoms with E-state index in [1.165, 1.54) is 0 Å². The van der Waals surface area contributed by atoms with Crippen molar-refractivity contribution < 1.29 is 18.7 Å². The van der Waals surface area contributed by atoms with Gasteiger partial charge in [0, 0.05) is 0 Å². The van der Waals surface area contributed by atoms with Gasteiger partial charge in [0.1, 0.15) is 5.69 Å². The molecule has 1 N–H and O–H groups in total. The molecule has 1 aromatic rings. The van der Waals surface area contributed by atoms with Crippen LogP contribution in [-0.4, -0.2) is 16.1 Å².